The van der Waals surface area contributed by atoms with Gasteiger partial charge < -0.3 is 9.80 Å². The summed E-state index contributed by atoms with van der Waals surface area (Å²) in [6.07, 6.45) is 8.36. The van der Waals surface area contributed by atoms with Gasteiger partial charge >= 0.3 is 0 Å². The lowest BCUT2D eigenvalue weighted by Gasteiger charge is -2.37. The molecule has 1 amide bonds. The lowest BCUT2D eigenvalue weighted by Crippen LogP contribution is -2.49. The fraction of sp³-hybridized carbons (Fsp3) is 0.474. The number of piperidine rings is 1. The second-order valence-electron chi connectivity index (χ2n) is 6.51. The van der Waals surface area contributed by atoms with Crippen LogP contribution in [0.5, 0.6) is 0 Å². The van der Waals surface area contributed by atoms with E-state index in [-0.39, 0.29) is 5.91 Å². The first kappa shape index (κ1) is 18.8. The lowest BCUT2D eigenvalue weighted by molar-refractivity contribution is -0.130. The predicted molar refractivity (Wildman–Crippen MR) is 103 cm³/mol. The number of nitrogens with zero attached hydrogens (tertiary/aromatic N) is 5. The van der Waals surface area contributed by atoms with Crippen molar-refractivity contribution in [3.8, 4) is 0 Å². The molecule has 0 aromatic carbocycles. The van der Waals surface area contributed by atoms with Crippen LogP contribution >= 0.6 is 11.8 Å². The van der Waals surface area contributed by atoms with Gasteiger partial charge in [0.15, 0.2) is 5.16 Å². The first-order valence-electron chi connectivity index (χ1n) is 9.00. The molecule has 1 aliphatic rings. The normalized spacial score (nSPS) is 17.5. The summed E-state index contributed by atoms with van der Waals surface area (Å²) < 4.78 is 0. The van der Waals surface area contributed by atoms with Crippen molar-refractivity contribution < 1.29 is 4.79 Å². The molecule has 7 heteroatoms. The molecular weight excluding hydrogens is 346 g/mol. The fourth-order valence-corrected chi connectivity index (χ4v) is 3.84. The fourth-order valence-electron chi connectivity index (χ4n) is 3.14. The van der Waals surface area contributed by atoms with Crippen LogP contribution in [0.3, 0.4) is 0 Å². The summed E-state index contributed by atoms with van der Waals surface area (Å²) in [5.74, 6) is 0.569. The quantitative estimate of drug-likeness (QED) is 0.549. The molecule has 1 saturated heterocycles. The summed E-state index contributed by atoms with van der Waals surface area (Å²) in [5.41, 5.74) is 1.11. The minimum atomic E-state index is 0.172. The molecule has 1 fully saturated rings. The van der Waals surface area contributed by atoms with Gasteiger partial charge in [-0.05, 0) is 38.1 Å². The number of rotatable bonds is 7. The number of thioether (sulfide) groups is 1. The Balaban J connectivity index is 1.46. The number of likely N-dealkylation sites (tertiary alicyclic amines) is 1. The molecule has 138 valence electrons. The maximum atomic E-state index is 12.5. The highest BCUT2D eigenvalue weighted by molar-refractivity contribution is 7.99. The zero-order valence-electron chi connectivity index (χ0n) is 15.1. The van der Waals surface area contributed by atoms with Crippen LogP contribution in [0.4, 0.5) is 0 Å². The third-order valence-corrected chi connectivity index (χ3v) is 5.55. The number of amides is 1. The standard InChI is InChI=1S/C19H25N5OS/c1-23(13-8-16-6-2-3-9-20-16)17-7-4-12-24(14-17)18(25)15-26-19-21-10-5-11-22-19/h2-3,5-6,9-11,17H,4,7-8,12-15H2,1H3. The summed E-state index contributed by atoms with van der Waals surface area (Å²) in [7, 11) is 2.15. The highest BCUT2D eigenvalue weighted by atomic mass is 32.2. The van der Waals surface area contributed by atoms with Crippen molar-refractivity contribution in [2.45, 2.75) is 30.5 Å². The van der Waals surface area contributed by atoms with E-state index in [1.54, 1.807) is 18.5 Å². The Labute approximate surface area is 159 Å². The number of hydrogen-bond donors (Lipinski definition) is 0. The summed E-state index contributed by atoms with van der Waals surface area (Å²) in [4.78, 5) is 29.6. The Morgan fingerprint density at radius 2 is 2.04 bits per heavy atom. The van der Waals surface area contributed by atoms with Gasteiger partial charge in [-0.15, -0.1) is 0 Å². The van der Waals surface area contributed by atoms with Crippen LogP contribution in [0.2, 0.25) is 0 Å². The molecule has 0 radical (unpaired) electrons. The first-order valence-corrected chi connectivity index (χ1v) is 9.98. The third-order valence-electron chi connectivity index (χ3n) is 4.69. The topological polar surface area (TPSA) is 62.2 Å². The van der Waals surface area contributed by atoms with Crippen LogP contribution < -0.4 is 0 Å². The molecule has 6 nitrogen and oxygen atoms in total. The average Bonchev–Trinajstić information content (AvgIpc) is 2.72. The smallest absolute Gasteiger partial charge is 0.233 e. The summed E-state index contributed by atoms with van der Waals surface area (Å²) >= 11 is 1.40. The molecular formula is C19H25N5OS. The highest BCUT2D eigenvalue weighted by Crippen LogP contribution is 2.18. The van der Waals surface area contributed by atoms with E-state index in [4.69, 9.17) is 0 Å². The van der Waals surface area contributed by atoms with E-state index in [9.17, 15) is 4.79 Å². The molecule has 26 heavy (non-hydrogen) atoms. The number of aromatic nitrogens is 3. The first-order chi connectivity index (χ1) is 12.7. The number of likely N-dealkylation sites (N-methyl/N-ethyl adjacent to an activating group) is 1. The van der Waals surface area contributed by atoms with Crippen molar-refractivity contribution >= 4 is 17.7 Å². The molecule has 0 saturated carbocycles. The Morgan fingerprint density at radius 3 is 2.81 bits per heavy atom. The Hall–Kier alpha value is -1.99. The van der Waals surface area contributed by atoms with Crippen LogP contribution in [0.1, 0.15) is 18.5 Å². The molecule has 3 rings (SSSR count). The zero-order chi connectivity index (χ0) is 18.2. The minimum Gasteiger partial charge on any atom is -0.340 e. The van der Waals surface area contributed by atoms with Gasteiger partial charge in [0.05, 0.1) is 5.75 Å². The van der Waals surface area contributed by atoms with Crippen LogP contribution in [0, 0.1) is 0 Å². The van der Waals surface area contributed by atoms with Crippen molar-refractivity contribution in [1.29, 1.82) is 0 Å². The summed E-state index contributed by atoms with van der Waals surface area (Å²) in [6.45, 7) is 2.60. The number of carbonyl (C=O) groups excluding carboxylic acids is 1. The van der Waals surface area contributed by atoms with Gasteiger partial charge in [0.1, 0.15) is 0 Å². The van der Waals surface area contributed by atoms with Gasteiger partial charge in [0, 0.05) is 56.4 Å². The van der Waals surface area contributed by atoms with Crippen molar-refractivity contribution in [2.75, 3.05) is 32.4 Å². The van der Waals surface area contributed by atoms with E-state index in [1.165, 1.54) is 11.8 Å². The van der Waals surface area contributed by atoms with E-state index in [1.807, 2.05) is 23.2 Å². The van der Waals surface area contributed by atoms with Gasteiger partial charge in [0.2, 0.25) is 5.91 Å². The number of carbonyl (C=O) groups is 1. The van der Waals surface area contributed by atoms with E-state index in [2.05, 4.69) is 33.0 Å². The molecule has 1 aliphatic heterocycles. The van der Waals surface area contributed by atoms with Gasteiger partial charge in [-0.1, -0.05) is 17.8 Å². The van der Waals surface area contributed by atoms with Crippen molar-refractivity contribution in [2.24, 2.45) is 0 Å². The summed E-state index contributed by atoms with van der Waals surface area (Å²) in [5, 5.41) is 0.655. The Kier molecular flexibility index (Phi) is 6.96. The maximum Gasteiger partial charge on any atom is 0.233 e. The van der Waals surface area contributed by atoms with E-state index < -0.39 is 0 Å². The Morgan fingerprint density at radius 1 is 1.23 bits per heavy atom. The monoisotopic (exact) mass is 371 g/mol. The van der Waals surface area contributed by atoms with Crippen LogP contribution in [-0.2, 0) is 11.2 Å². The average molecular weight is 372 g/mol. The second kappa shape index (κ2) is 9.64. The molecule has 1 atom stereocenters. The van der Waals surface area contributed by atoms with Crippen molar-refractivity contribution in [3.63, 3.8) is 0 Å². The van der Waals surface area contributed by atoms with E-state index in [0.717, 1.165) is 44.6 Å². The van der Waals surface area contributed by atoms with Crippen LogP contribution in [-0.4, -0.2) is 69.1 Å². The molecule has 1 unspecified atom stereocenters. The molecule has 0 bridgehead atoms. The maximum absolute atomic E-state index is 12.5. The van der Waals surface area contributed by atoms with Gasteiger partial charge in [-0.2, -0.15) is 0 Å². The van der Waals surface area contributed by atoms with Crippen molar-refractivity contribution in [3.05, 3.63) is 48.5 Å². The Bertz CT molecular complexity index is 685. The molecule has 3 heterocycles. The number of pyridine rings is 1. The molecule has 2 aromatic heterocycles. The highest BCUT2D eigenvalue weighted by Gasteiger charge is 2.26. The molecule has 0 N–H and O–H groups in total. The molecule has 0 aliphatic carbocycles. The minimum absolute atomic E-state index is 0.172. The zero-order valence-corrected chi connectivity index (χ0v) is 15.9. The number of hydrogen-bond acceptors (Lipinski definition) is 6. The van der Waals surface area contributed by atoms with Gasteiger partial charge in [-0.25, -0.2) is 9.97 Å². The molecule has 0 spiro atoms. The predicted octanol–water partition coefficient (Wildman–Crippen LogP) is 2.13. The van der Waals surface area contributed by atoms with Gasteiger partial charge in [-0.3, -0.25) is 9.78 Å². The lowest BCUT2D eigenvalue weighted by atomic mass is 10.0. The van der Waals surface area contributed by atoms with Crippen LogP contribution in [0.15, 0.2) is 48.0 Å². The van der Waals surface area contributed by atoms with Crippen LogP contribution in [0.25, 0.3) is 0 Å². The van der Waals surface area contributed by atoms with Crippen molar-refractivity contribution in [1.82, 2.24) is 24.8 Å². The van der Waals surface area contributed by atoms with Gasteiger partial charge in [0.25, 0.3) is 0 Å². The SMILES string of the molecule is CN(CCc1ccccn1)C1CCCN(C(=O)CSc2ncccn2)C1. The largest absolute Gasteiger partial charge is 0.340 e. The molecule has 2 aromatic rings. The second-order valence-corrected chi connectivity index (χ2v) is 7.45. The third kappa shape index (κ3) is 5.51. The summed E-state index contributed by atoms with van der Waals surface area (Å²) in [6, 6.07) is 8.22. The van der Waals surface area contributed by atoms with E-state index in [0.29, 0.717) is 17.0 Å². The van der Waals surface area contributed by atoms with E-state index >= 15 is 0 Å².